The first-order valence-corrected chi connectivity index (χ1v) is 8.55. The van der Waals surface area contributed by atoms with Gasteiger partial charge in [-0.1, -0.05) is 30.3 Å². The molecular weight excluding hydrogens is 282 g/mol. The Kier molecular flexibility index (Phi) is 3.78. The van der Waals surface area contributed by atoms with Gasteiger partial charge in [0.15, 0.2) is 0 Å². The van der Waals surface area contributed by atoms with Gasteiger partial charge in [0.05, 0.1) is 6.04 Å². The van der Waals surface area contributed by atoms with Gasteiger partial charge in [0.25, 0.3) is 0 Å². The molecule has 0 saturated carbocycles. The molecule has 2 aliphatic heterocycles. The monoisotopic (exact) mass is 305 g/mol. The topological polar surface area (TPSA) is 21.1 Å². The van der Waals surface area contributed by atoms with Crippen LogP contribution in [0.5, 0.6) is 0 Å². The van der Waals surface area contributed by atoms with Crippen molar-refractivity contribution in [1.29, 1.82) is 0 Å². The zero-order valence-corrected chi connectivity index (χ0v) is 13.7. The van der Waals surface area contributed by atoms with Crippen LogP contribution in [0.15, 0.2) is 59.9 Å². The summed E-state index contributed by atoms with van der Waals surface area (Å²) in [4.78, 5) is 2.59. The van der Waals surface area contributed by atoms with Crippen LogP contribution < -0.4 is 0 Å². The fraction of sp³-hybridized carbons (Fsp3) is 0.350. The van der Waals surface area contributed by atoms with Gasteiger partial charge in [-0.15, -0.1) is 0 Å². The van der Waals surface area contributed by atoms with Crippen molar-refractivity contribution >= 4 is 6.20 Å². The lowest BCUT2D eigenvalue weighted by molar-refractivity contribution is 0.332. The second-order valence-electron chi connectivity index (χ2n) is 6.51. The van der Waals surface area contributed by atoms with Crippen LogP contribution in [0.1, 0.15) is 43.5 Å². The summed E-state index contributed by atoms with van der Waals surface area (Å²) in [5.74, 6) is 0. The Labute approximate surface area is 137 Å². The molecule has 1 fully saturated rings. The van der Waals surface area contributed by atoms with Crippen molar-refractivity contribution in [3.05, 3.63) is 71.2 Å². The largest absolute Gasteiger partial charge is 0.364 e. The third-order valence-corrected chi connectivity index (χ3v) is 5.07. The molecule has 2 aromatic rings. The quantitative estimate of drug-likeness (QED) is 0.819. The van der Waals surface area contributed by atoms with Crippen LogP contribution in [0, 0.1) is 0 Å². The molecule has 0 spiro atoms. The number of fused-ring (bicyclic) bond motifs is 1. The standard InChI is InChI=1S/C20H23N3/c1-16-9-10-18-11-13-21-23(18)15-12-19(16)22-14-5-8-20(22)17-6-3-2-4-7-17/h2-4,6-7,11-13,15,20H,5,8-10,14H2,1H3/b15-12-,19-16+. The Bertz CT molecular complexity index is 739. The summed E-state index contributed by atoms with van der Waals surface area (Å²) < 4.78 is 2.01. The molecule has 0 N–H and O–H groups in total. The van der Waals surface area contributed by atoms with Gasteiger partial charge in [-0.2, -0.15) is 5.10 Å². The summed E-state index contributed by atoms with van der Waals surface area (Å²) in [6.45, 7) is 3.43. The van der Waals surface area contributed by atoms with Crippen molar-refractivity contribution < 1.29 is 0 Å². The summed E-state index contributed by atoms with van der Waals surface area (Å²) in [7, 11) is 0. The smallest absolute Gasteiger partial charge is 0.0543 e. The number of benzene rings is 1. The number of nitrogens with zero attached hydrogens (tertiary/aromatic N) is 3. The molecule has 118 valence electrons. The Balaban J connectivity index is 1.68. The van der Waals surface area contributed by atoms with E-state index in [2.05, 4.69) is 65.6 Å². The van der Waals surface area contributed by atoms with E-state index < -0.39 is 0 Å². The fourth-order valence-electron chi connectivity index (χ4n) is 3.82. The lowest BCUT2D eigenvalue weighted by Crippen LogP contribution is -2.23. The van der Waals surface area contributed by atoms with Crippen molar-refractivity contribution in [2.75, 3.05) is 6.54 Å². The van der Waals surface area contributed by atoms with Gasteiger partial charge in [0.2, 0.25) is 0 Å². The SMILES string of the molecule is C/C1=C(N2CCCC2c2ccccc2)/C=C\n2nccc2CC1. The van der Waals surface area contributed by atoms with Gasteiger partial charge in [-0.25, -0.2) is 4.68 Å². The van der Waals surface area contributed by atoms with Crippen LogP contribution >= 0.6 is 0 Å². The zero-order chi connectivity index (χ0) is 15.6. The molecule has 1 atom stereocenters. The van der Waals surface area contributed by atoms with Crippen LogP contribution in [-0.4, -0.2) is 21.2 Å². The minimum absolute atomic E-state index is 0.502. The van der Waals surface area contributed by atoms with Gasteiger partial charge < -0.3 is 4.90 Å². The van der Waals surface area contributed by atoms with Gasteiger partial charge in [0.1, 0.15) is 0 Å². The zero-order valence-electron chi connectivity index (χ0n) is 13.7. The molecule has 3 heteroatoms. The molecule has 3 heterocycles. The number of allylic oxidation sites excluding steroid dienone is 2. The summed E-state index contributed by atoms with van der Waals surface area (Å²) in [6, 6.07) is 13.5. The first kappa shape index (κ1) is 14.3. The second-order valence-corrected chi connectivity index (χ2v) is 6.51. The molecular formula is C20H23N3. The van der Waals surface area contributed by atoms with Crippen molar-refractivity contribution in [1.82, 2.24) is 14.7 Å². The van der Waals surface area contributed by atoms with Gasteiger partial charge >= 0.3 is 0 Å². The van der Waals surface area contributed by atoms with Crippen LogP contribution in [-0.2, 0) is 6.42 Å². The molecule has 2 aliphatic rings. The highest BCUT2D eigenvalue weighted by Crippen LogP contribution is 2.37. The number of hydrogen-bond acceptors (Lipinski definition) is 2. The predicted molar refractivity (Wildman–Crippen MR) is 93.7 cm³/mol. The molecule has 0 amide bonds. The van der Waals surface area contributed by atoms with E-state index in [1.165, 1.54) is 35.4 Å². The minimum atomic E-state index is 0.502. The van der Waals surface area contributed by atoms with Crippen LogP contribution in [0.2, 0.25) is 0 Å². The van der Waals surface area contributed by atoms with E-state index >= 15 is 0 Å². The number of hydrogen-bond donors (Lipinski definition) is 0. The second kappa shape index (κ2) is 6.07. The van der Waals surface area contributed by atoms with Crippen molar-refractivity contribution in [3.8, 4) is 0 Å². The predicted octanol–water partition coefficient (Wildman–Crippen LogP) is 4.41. The number of rotatable bonds is 2. The van der Waals surface area contributed by atoms with E-state index in [-0.39, 0.29) is 0 Å². The Morgan fingerprint density at radius 2 is 1.96 bits per heavy atom. The van der Waals surface area contributed by atoms with E-state index in [1.807, 2.05) is 10.9 Å². The van der Waals surface area contributed by atoms with Gasteiger partial charge in [-0.05, 0) is 55.9 Å². The summed E-state index contributed by atoms with van der Waals surface area (Å²) in [5, 5.41) is 4.41. The third kappa shape index (κ3) is 2.72. The lowest BCUT2D eigenvalue weighted by atomic mass is 10.0. The van der Waals surface area contributed by atoms with E-state index in [0.717, 1.165) is 19.4 Å². The highest BCUT2D eigenvalue weighted by atomic mass is 15.3. The molecule has 1 saturated heterocycles. The molecule has 0 bridgehead atoms. The van der Waals surface area contributed by atoms with E-state index in [4.69, 9.17) is 0 Å². The average molecular weight is 305 g/mol. The average Bonchev–Trinajstić information content (AvgIpc) is 3.22. The lowest BCUT2D eigenvalue weighted by Gasteiger charge is -2.30. The molecule has 4 rings (SSSR count). The third-order valence-electron chi connectivity index (χ3n) is 5.07. The molecule has 1 unspecified atom stereocenters. The summed E-state index contributed by atoms with van der Waals surface area (Å²) >= 11 is 0. The minimum Gasteiger partial charge on any atom is -0.364 e. The first-order chi connectivity index (χ1) is 11.3. The van der Waals surface area contributed by atoms with Gasteiger partial charge in [-0.3, -0.25) is 0 Å². The van der Waals surface area contributed by atoms with E-state index in [0.29, 0.717) is 6.04 Å². The molecule has 1 aromatic carbocycles. The molecule has 3 nitrogen and oxygen atoms in total. The van der Waals surface area contributed by atoms with E-state index in [9.17, 15) is 0 Å². The Morgan fingerprint density at radius 1 is 1.09 bits per heavy atom. The van der Waals surface area contributed by atoms with E-state index in [1.54, 1.807) is 0 Å². The maximum atomic E-state index is 4.41. The molecule has 23 heavy (non-hydrogen) atoms. The van der Waals surface area contributed by atoms with Gasteiger partial charge in [0, 0.05) is 30.3 Å². The molecule has 0 radical (unpaired) electrons. The Morgan fingerprint density at radius 3 is 2.83 bits per heavy atom. The highest BCUT2D eigenvalue weighted by Gasteiger charge is 2.27. The summed E-state index contributed by atoms with van der Waals surface area (Å²) in [6.07, 6.45) is 10.9. The maximum absolute atomic E-state index is 4.41. The molecule has 0 aliphatic carbocycles. The first-order valence-electron chi connectivity index (χ1n) is 8.55. The van der Waals surface area contributed by atoms with Crippen molar-refractivity contribution in [2.24, 2.45) is 0 Å². The highest BCUT2D eigenvalue weighted by molar-refractivity contribution is 5.40. The molecule has 1 aromatic heterocycles. The maximum Gasteiger partial charge on any atom is 0.0543 e. The van der Waals surface area contributed by atoms with Crippen molar-refractivity contribution in [2.45, 2.75) is 38.6 Å². The number of likely N-dealkylation sites (tertiary alicyclic amines) is 1. The summed E-state index contributed by atoms with van der Waals surface area (Å²) in [5.41, 5.74) is 5.59. The van der Waals surface area contributed by atoms with Crippen LogP contribution in [0.25, 0.3) is 6.20 Å². The van der Waals surface area contributed by atoms with Crippen molar-refractivity contribution in [3.63, 3.8) is 0 Å². The Hall–Kier alpha value is -2.29. The van der Waals surface area contributed by atoms with Crippen LogP contribution in [0.4, 0.5) is 0 Å². The number of aryl methyl sites for hydroxylation is 1. The number of aromatic nitrogens is 2. The fourth-order valence-corrected chi connectivity index (χ4v) is 3.82. The normalized spacial score (nSPS) is 25.8. The van der Waals surface area contributed by atoms with Crippen LogP contribution in [0.3, 0.4) is 0 Å².